The van der Waals surface area contributed by atoms with Crippen molar-refractivity contribution >= 4 is 33.6 Å². The van der Waals surface area contributed by atoms with Gasteiger partial charge in [0, 0.05) is 5.56 Å². The molecule has 1 rings (SSSR count). The Bertz CT molecular complexity index is 209. The molecule has 0 atom stereocenters. The Morgan fingerprint density at radius 3 is 2.67 bits per heavy atom. The third-order valence-electron chi connectivity index (χ3n) is 1.09. The van der Waals surface area contributed by atoms with Crippen molar-refractivity contribution in [1.29, 1.82) is 0 Å². The zero-order chi connectivity index (χ0) is 6.85. The van der Waals surface area contributed by atoms with Crippen molar-refractivity contribution in [3.05, 3.63) is 20.3 Å². The number of thiophene rings is 1. The van der Waals surface area contributed by atoms with Crippen LogP contribution in [0.25, 0.3) is 0 Å². The van der Waals surface area contributed by atoms with Crippen molar-refractivity contribution in [2.75, 3.05) is 0 Å². The van der Waals surface area contributed by atoms with Gasteiger partial charge in [0.1, 0.15) is 0 Å². The zero-order valence-corrected chi connectivity index (χ0v) is 7.25. The highest BCUT2D eigenvalue weighted by atomic mass is 79.9. The van der Waals surface area contributed by atoms with E-state index in [0.29, 0.717) is 0 Å². The van der Waals surface area contributed by atoms with Gasteiger partial charge in [-0.15, -0.1) is 11.3 Å². The van der Waals surface area contributed by atoms with E-state index in [0.717, 1.165) is 21.2 Å². The molecular formula is C6H5BrOS. The molecule has 0 spiro atoms. The van der Waals surface area contributed by atoms with Gasteiger partial charge in [0.2, 0.25) is 0 Å². The lowest BCUT2D eigenvalue weighted by Crippen LogP contribution is -1.77. The lowest BCUT2D eigenvalue weighted by atomic mass is 10.2. The van der Waals surface area contributed by atoms with Gasteiger partial charge >= 0.3 is 0 Å². The van der Waals surface area contributed by atoms with E-state index in [1.807, 2.05) is 12.3 Å². The van der Waals surface area contributed by atoms with Crippen LogP contribution < -0.4 is 0 Å². The van der Waals surface area contributed by atoms with Gasteiger partial charge in [-0.2, -0.15) is 0 Å². The van der Waals surface area contributed by atoms with E-state index in [1.54, 1.807) is 11.3 Å². The summed E-state index contributed by atoms with van der Waals surface area (Å²) in [7, 11) is 0. The molecule has 9 heavy (non-hydrogen) atoms. The largest absolute Gasteiger partial charge is 0.298 e. The SMILES string of the molecule is Cc1csc(Br)c1C=O. The molecule has 0 N–H and O–H groups in total. The molecule has 0 radical (unpaired) electrons. The van der Waals surface area contributed by atoms with Gasteiger partial charge in [-0.1, -0.05) is 0 Å². The van der Waals surface area contributed by atoms with Crippen LogP contribution in [-0.4, -0.2) is 6.29 Å². The normalized spacial score (nSPS) is 9.56. The first kappa shape index (κ1) is 6.96. The van der Waals surface area contributed by atoms with Crippen LogP contribution in [0.15, 0.2) is 9.17 Å². The van der Waals surface area contributed by atoms with E-state index in [2.05, 4.69) is 15.9 Å². The molecule has 48 valence electrons. The lowest BCUT2D eigenvalue weighted by Gasteiger charge is -1.83. The molecule has 0 saturated heterocycles. The summed E-state index contributed by atoms with van der Waals surface area (Å²) in [4.78, 5) is 10.3. The number of hydrogen-bond donors (Lipinski definition) is 0. The fraction of sp³-hybridized carbons (Fsp3) is 0.167. The number of hydrogen-bond acceptors (Lipinski definition) is 2. The third kappa shape index (κ3) is 1.22. The van der Waals surface area contributed by atoms with Crippen LogP contribution in [0.2, 0.25) is 0 Å². The molecule has 0 aliphatic carbocycles. The van der Waals surface area contributed by atoms with Crippen molar-refractivity contribution < 1.29 is 4.79 Å². The van der Waals surface area contributed by atoms with Crippen LogP contribution >= 0.6 is 27.3 Å². The summed E-state index contributed by atoms with van der Waals surface area (Å²) < 4.78 is 0.926. The Balaban J connectivity index is 3.22. The monoisotopic (exact) mass is 204 g/mol. The van der Waals surface area contributed by atoms with E-state index >= 15 is 0 Å². The molecule has 1 aromatic rings. The highest BCUT2D eigenvalue weighted by Gasteiger charge is 2.02. The number of carbonyl (C=O) groups is 1. The molecule has 1 nitrogen and oxygen atoms in total. The summed E-state index contributed by atoms with van der Waals surface area (Å²) in [5.41, 5.74) is 1.82. The highest BCUT2D eigenvalue weighted by molar-refractivity contribution is 9.11. The minimum Gasteiger partial charge on any atom is -0.298 e. The molecule has 1 aromatic heterocycles. The van der Waals surface area contributed by atoms with Crippen molar-refractivity contribution in [3.63, 3.8) is 0 Å². The maximum atomic E-state index is 10.3. The molecule has 0 bridgehead atoms. The molecule has 0 amide bonds. The van der Waals surface area contributed by atoms with E-state index in [1.165, 1.54) is 0 Å². The number of halogens is 1. The number of aldehydes is 1. The van der Waals surface area contributed by atoms with E-state index in [-0.39, 0.29) is 0 Å². The molecule has 0 aromatic carbocycles. The number of rotatable bonds is 1. The van der Waals surface area contributed by atoms with Crippen molar-refractivity contribution in [2.45, 2.75) is 6.92 Å². The average molecular weight is 205 g/mol. The third-order valence-corrected chi connectivity index (χ3v) is 2.98. The summed E-state index contributed by atoms with van der Waals surface area (Å²) in [5, 5.41) is 1.95. The first-order chi connectivity index (χ1) is 4.25. The lowest BCUT2D eigenvalue weighted by molar-refractivity contribution is 0.112. The van der Waals surface area contributed by atoms with Gasteiger partial charge in [-0.3, -0.25) is 4.79 Å². The van der Waals surface area contributed by atoms with Crippen molar-refractivity contribution in [2.24, 2.45) is 0 Å². The summed E-state index contributed by atoms with van der Waals surface area (Å²) in [6.07, 6.45) is 0.871. The summed E-state index contributed by atoms with van der Waals surface area (Å²) in [5.74, 6) is 0. The smallest absolute Gasteiger partial charge is 0.152 e. The van der Waals surface area contributed by atoms with E-state index in [4.69, 9.17) is 0 Å². The maximum absolute atomic E-state index is 10.3. The average Bonchev–Trinajstić information content (AvgIpc) is 2.12. The number of carbonyl (C=O) groups excluding carboxylic acids is 1. The number of aryl methyl sites for hydroxylation is 1. The van der Waals surface area contributed by atoms with Gasteiger partial charge in [-0.05, 0) is 33.8 Å². The standard InChI is InChI=1S/C6H5BrOS/c1-4-3-9-6(7)5(4)2-8/h2-3H,1H3. The molecule has 3 heteroatoms. The predicted molar refractivity (Wildman–Crippen MR) is 42.1 cm³/mol. The van der Waals surface area contributed by atoms with Gasteiger partial charge in [0.15, 0.2) is 6.29 Å². The second kappa shape index (κ2) is 2.62. The molecule has 1 heterocycles. The van der Waals surface area contributed by atoms with Crippen LogP contribution in [0.3, 0.4) is 0 Å². The second-order valence-electron chi connectivity index (χ2n) is 1.72. The van der Waals surface area contributed by atoms with Crippen molar-refractivity contribution in [1.82, 2.24) is 0 Å². The molecule has 0 unspecified atom stereocenters. The van der Waals surface area contributed by atoms with Gasteiger partial charge < -0.3 is 0 Å². The maximum Gasteiger partial charge on any atom is 0.152 e. The summed E-state index contributed by atoms with van der Waals surface area (Å²) in [6, 6.07) is 0. The zero-order valence-electron chi connectivity index (χ0n) is 4.85. The van der Waals surface area contributed by atoms with Crippen LogP contribution in [0.4, 0.5) is 0 Å². The summed E-state index contributed by atoms with van der Waals surface area (Å²) in [6.45, 7) is 1.92. The summed E-state index contributed by atoms with van der Waals surface area (Å²) >= 11 is 4.81. The Morgan fingerprint density at radius 1 is 1.78 bits per heavy atom. The minimum absolute atomic E-state index is 0.778. The molecule has 0 aliphatic heterocycles. The fourth-order valence-corrected chi connectivity index (χ4v) is 1.99. The van der Waals surface area contributed by atoms with Gasteiger partial charge in [-0.25, -0.2) is 0 Å². The van der Waals surface area contributed by atoms with Crippen LogP contribution in [-0.2, 0) is 0 Å². The quantitative estimate of drug-likeness (QED) is 0.644. The predicted octanol–water partition coefficient (Wildman–Crippen LogP) is 2.63. The minimum atomic E-state index is 0.778. The molecule has 0 aliphatic rings. The van der Waals surface area contributed by atoms with Gasteiger partial charge in [0.05, 0.1) is 3.79 Å². The topological polar surface area (TPSA) is 17.1 Å². The highest BCUT2D eigenvalue weighted by Crippen LogP contribution is 2.25. The van der Waals surface area contributed by atoms with Gasteiger partial charge in [0.25, 0.3) is 0 Å². The van der Waals surface area contributed by atoms with Crippen LogP contribution in [0.1, 0.15) is 15.9 Å². The van der Waals surface area contributed by atoms with E-state index in [9.17, 15) is 4.79 Å². The first-order valence-corrected chi connectivity index (χ1v) is 4.11. The van der Waals surface area contributed by atoms with Crippen LogP contribution in [0.5, 0.6) is 0 Å². The van der Waals surface area contributed by atoms with Crippen LogP contribution in [0, 0.1) is 6.92 Å². The Labute approximate surface area is 65.8 Å². The Hall–Kier alpha value is -0.150. The molecular weight excluding hydrogens is 200 g/mol. The van der Waals surface area contributed by atoms with Crippen molar-refractivity contribution in [3.8, 4) is 0 Å². The molecule has 0 saturated carbocycles. The second-order valence-corrected chi connectivity index (χ2v) is 3.92. The first-order valence-electron chi connectivity index (χ1n) is 2.44. The van der Waals surface area contributed by atoms with E-state index < -0.39 is 0 Å². The Morgan fingerprint density at radius 2 is 2.44 bits per heavy atom. The molecule has 0 fully saturated rings. The Kier molecular flexibility index (Phi) is 2.03. The fourth-order valence-electron chi connectivity index (χ4n) is 0.561.